The molecule has 0 heterocycles. The highest BCUT2D eigenvalue weighted by Gasteiger charge is 2.25. The van der Waals surface area contributed by atoms with Crippen LogP contribution in [0.5, 0.6) is 5.75 Å². The van der Waals surface area contributed by atoms with E-state index in [4.69, 9.17) is 4.74 Å². The maximum absolute atomic E-state index is 9.80. The molecular formula is C17H21NO2. The normalized spacial score (nSPS) is 13.6. The Kier molecular flexibility index (Phi) is 4.30. The number of anilines is 1. The van der Waals surface area contributed by atoms with Crippen molar-refractivity contribution in [3.05, 3.63) is 59.7 Å². The van der Waals surface area contributed by atoms with Gasteiger partial charge in [-0.2, -0.15) is 0 Å². The van der Waals surface area contributed by atoms with Crippen LogP contribution in [0.3, 0.4) is 0 Å². The Morgan fingerprint density at radius 3 is 2.45 bits per heavy atom. The first-order valence-corrected chi connectivity index (χ1v) is 6.67. The lowest BCUT2D eigenvalue weighted by molar-refractivity contribution is 0.224. The molecule has 0 aliphatic heterocycles. The zero-order valence-corrected chi connectivity index (χ0v) is 12.2. The van der Waals surface area contributed by atoms with E-state index >= 15 is 0 Å². The van der Waals surface area contributed by atoms with E-state index < -0.39 is 5.54 Å². The van der Waals surface area contributed by atoms with Crippen LogP contribution in [0.15, 0.2) is 48.5 Å². The lowest BCUT2D eigenvalue weighted by Crippen LogP contribution is -2.35. The molecule has 2 aromatic rings. The highest BCUT2D eigenvalue weighted by molar-refractivity contribution is 5.51. The zero-order valence-electron chi connectivity index (χ0n) is 12.2. The third kappa shape index (κ3) is 3.11. The molecule has 0 aliphatic rings. The van der Waals surface area contributed by atoms with Crippen molar-refractivity contribution >= 4 is 5.69 Å². The van der Waals surface area contributed by atoms with Crippen molar-refractivity contribution in [3.8, 4) is 5.75 Å². The van der Waals surface area contributed by atoms with Gasteiger partial charge in [0, 0.05) is 11.8 Å². The van der Waals surface area contributed by atoms with Crippen molar-refractivity contribution in [1.29, 1.82) is 0 Å². The minimum Gasteiger partial charge on any atom is -0.497 e. The fourth-order valence-electron chi connectivity index (χ4n) is 2.14. The maximum atomic E-state index is 9.80. The van der Waals surface area contributed by atoms with Gasteiger partial charge in [0.25, 0.3) is 0 Å². The van der Waals surface area contributed by atoms with Gasteiger partial charge in [-0.1, -0.05) is 35.9 Å². The second-order valence-corrected chi connectivity index (χ2v) is 5.21. The molecule has 0 fully saturated rings. The van der Waals surface area contributed by atoms with Gasteiger partial charge in [0.2, 0.25) is 0 Å². The van der Waals surface area contributed by atoms with Crippen molar-refractivity contribution in [2.24, 2.45) is 0 Å². The summed E-state index contributed by atoms with van der Waals surface area (Å²) in [6.45, 7) is 4.04. The van der Waals surface area contributed by atoms with E-state index in [1.807, 2.05) is 43.3 Å². The summed E-state index contributed by atoms with van der Waals surface area (Å²) in [5, 5.41) is 13.2. The molecule has 0 aliphatic carbocycles. The number of aliphatic hydroxyl groups excluding tert-OH is 1. The largest absolute Gasteiger partial charge is 0.497 e. The quantitative estimate of drug-likeness (QED) is 0.876. The first kappa shape index (κ1) is 14.4. The highest BCUT2D eigenvalue weighted by Crippen LogP contribution is 2.27. The Morgan fingerprint density at radius 2 is 1.85 bits per heavy atom. The summed E-state index contributed by atoms with van der Waals surface area (Å²) >= 11 is 0. The third-order valence-electron chi connectivity index (χ3n) is 3.49. The lowest BCUT2D eigenvalue weighted by Gasteiger charge is -2.30. The van der Waals surface area contributed by atoms with Gasteiger partial charge in [-0.25, -0.2) is 0 Å². The van der Waals surface area contributed by atoms with Crippen LogP contribution in [-0.4, -0.2) is 18.8 Å². The van der Waals surface area contributed by atoms with Gasteiger partial charge in [-0.05, 0) is 31.5 Å². The topological polar surface area (TPSA) is 41.5 Å². The maximum Gasteiger partial charge on any atom is 0.120 e. The zero-order chi connectivity index (χ0) is 14.6. The van der Waals surface area contributed by atoms with E-state index in [9.17, 15) is 5.11 Å². The van der Waals surface area contributed by atoms with Crippen molar-refractivity contribution in [1.82, 2.24) is 0 Å². The van der Waals surface area contributed by atoms with Crippen LogP contribution in [0.1, 0.15) is 18.1 Å². The molecule has 0 bridgehead atoms. The third-order valence-corrected chi connectivity index (χ3v) is 3.49. The molecule has 106 valence electrons. The molecule has 3 nitrogen and oxygen atoms in total. The summed E-state index contributed by atoms with van der Waals surface area (Å²) in [6, 6.07) is 15.9. The number of benzene rings is 2. The van der Waals surface area contributed by atoms with Gasteiger partial charge < -0.3 is 15.2 Å². The number of aryl methyl sites for hydroxylation is 1. The predicted octanol–water partition coefficient (Wildman–Crippen LogP) is 3.32. The SMILES string of the molecule is COc1cccc(NC(C)(CO)c2ccc(C)cc2)c1. The Labute approximate surface area is 120 Å². The van der Waals surface area contributed by atoms with Crippen LogP contribution in [0, 0.1) is 6.92 Å². The van der Waals surface area contributed by atoms with Crippen molar-refractivity contribution < 1.29 is 9.84 Å². The molecule has 2 rings (SSSR count). The summed E-state index contributed by atoms with van der Waals surface area (Å²) in [7, 11) is 1.64. The summed E-state index contributed by atoms with van der Waals surface area (Å²) in [4.78, 5) is 0. The molecular weight excluding hydrogens is 250 g/mol. The average molecular weight is 271 g/mol. The van der Waals surface area contributed by atoms with Crippen molar-refractivity contribution in [2.75, 3.05) is 19.0 Å². The van der Waals surface area contributed by atoms with E-state index in [-0.39, 0.29) is 6.61 Å². The van der Waals surface area contributed by atoms with Gasteiger partial charge >= 0.3 is 0 Å². The van der Waals surface area contributed by atoms with Crippen molar-refractivity contribution in [3.63, 3.8) is 0 Å². The van der Waals surface area contributed by atoms with Crippen LogP contribution in [-0.2, 0) is 5.54 Å². The molecule has 0 spiro atoms. The van der Waals surface area contributed by atoms with E-state index in [0.29, 0.717) is 0 Å². The van der Waals surface area contributed by atoms with E-state index in [2.05, 4.69) is 24.4 Å². The van der Waals surface area contributed by atoms with E-state index in [0.717, 1.165) is 17.0 Å². The highest BCUT2D eigenvalue weighted by atomic mass is 16.5. The standard InChI is InChI=1S/C17H21NO2/c1-13-7-9-14(10-8-13)17(2,12-19)18-15-5-4-6-16(11-15)20-3/h4-11,18-19H,12H2,1-3H3. The molecule has 2 N–H and O–H groups in total. The Hall–Kier alpha value is -2.00. The number of hydrogen-bond acceptors (Lipinski definition) is 3. The molecule has 0 radical (unpaired) electrons. The Morgan fingerprint density at radius 1 is 1.15 bits per heavy atom. The summed E-state index contributed by atoms with van der Waals surface area (Å²) < 4.78 is 5.22. The molecule has 1 unspecified atom stereocenters. The minimum absolute atomic E-state index is 0.00721. The molecule has 2 aromatic carbocycles. The minimum atomic E-state index is -0.528. The number of methoxy groups -OCH3 is 1. The van der Waals surface area contributed by atoms with Gasteiger partial charge in [-0.15, -0.1) is 0 Å². The molecule has 1 atom stereocenters. The van der Waals surface area contributed by atoms with Crippen LogP contribution in [0.2, 0.25) is 0 Å². The molecule has 3 heteroatoms. The first-order valence-electron chi connectivity index (χ1n) is 6.67. The second-order valence-electron chi connectivity index (χ2n) is 5.21. The fraction of sp³-hybridized carbons (Fsp3) is 0.294. The monoisotopic (exact) mass is 271 g/mol. The fourth-order valence-corrected chi connectivity index (χ4v) is 2.14. The molecule has 0 saturated heterocycles. The van der Waals surface area contributed by atoms with E-state index in [1.54, 1.807) is 7.11 Å². The van der Waals surface area contributed by atoms with Crippen LogP contribution in [0.25, 0.3) is 0 Å². The average Bonchev–Trinajstić information content (AvgIpc) is 2.48. The van der Waals surface area contributed by atoms with Crippen LogP contribution in [0.4, 0.5) is 5.69 Å². The first-order chi connectivity index (χ1) is 9.57. The van der Waals surface area contributed by atoms with Gasteiger partial charge in [0.05, 0.1) is 19.3 Å². The van der Waals surface area contributed by atoms with Crippen molar-refractivity contribution in [2.45, 2.75) is 19.4 Å². The number of rotatable bonds is 5. The lowest BCUT2D eigenvalue weighted by atomic mass is 9.92. The Balaban J connectivity index is 2.28. The van der Waals surface area contributed by atoms with Crippen LogP contribution < -0.4 is 10.1 Å². The molecule has 0 aromatic heterocycles. The summed E-state index contributed by atoms with van der Waals surface area (Å²) in [6.07, 6.45) is 0. The second kappa shape index (κ2) is 5.97. The molecule has 0 amide bonds. The van der Waals surface area contributed by atoms with Gasteiger partial charge in [0.15, 0.2) is 0 Å². The summed E-state index contributed by atoms with van der Waals surface area (Å²) in [5.74, 6) is 0.791. The summed E-state index contributed by atoms with van der Waals surface area (Å²) in [5.41, 5.74) is 2.64. The molecule has 0 saturated carbocycles. The molecule has 20 heavy (non-hydrogen) atoms. The van der Waals surface area contributed by atoms with Crippen LogP contribution >= 0.6 is 0 Å². The van der Waals surface area contributed by atoms with Gasteiger partial charge in [0.1, 0.15) is 5.75 Å². The predicted molar refractivity (Wildman–Crippen MR) is 82.2 cm³/mol. The Bertz CT molecular complexity index is 565. The smallest absolute Gasteiger partial charge is 0.120 e. The number of nitrogens with one attached hydrogen (secondary N) is 1. The number of hydrogen-bond donors (Lipinski definition) is 2. The van der Waals surface area contributed by atoms with Gasteiger partial charge in [-0.3, -0.25) is 0 Å². The van der Waals surface area contributed by atoms with E-state index in [1.165, 1.54) is 5.56 Å². The number of ether oxygens (including phenoxy) is 1. The number of aliphatic hydroxyl groups is 1.